The number of aryl methyl sites for hydroxylation is 1. The average Bonchev–Trinajstić information content (AvgIpc) is 2.77. The lowest BCUT2D eigenvalue weighted by molar-refractivity contribution is 0.0945. The van der Waals surface area contributed by atoms with Crippen molar-refractivity contribution >= 4 is 5.91 Å². The molecule has 0 radical (unpaired) electrons. The fraction of sp³-hybridized carbons (Fsp3) is 0.231. The summed E-state index contributed by atoms with van der Waals surface area (Å²) in [5.41, 5.74) is 1.53. The van der Waals surface area contributed by atoms with Crippen molar-refractivity contribution in [2.24, 2.45) is 0 Å². The zero-order valence-corrected chi connectivity index (χ0v) is 9.64. The summed E-state index contributed by atoms with van der Waals surface area (Å²) >= 11 is 0. The van der Waals surface area contributed by atoms with Gasteiger partial charge in [-0.2, -0.15) is 0 Å². The molecule has 0 unspecified atom stereocenters. The number of benzene rings is 1. The minimum atomic E-state index is -0.196. The number of hydrogen-bond donors (Lipinski definition) is 1. The molecule has 0 spiro atoms. The molecule has 0 aliphatic carbocycles. The molecule has 0 saturated heterocycles. The van der Waals surface area contributed by atoms with Gasteiger partial charge in [0.15, 0.2) is 5.69 Å². The van der Waals surface area contributed by atoms with Crippen molar-refractivity contribution in [1.29, 1.82) is 0 Å². The molecule has 0 fully saturated rings. The maximum Gasteiger partial charge on any atom is 0.273 e. The maximum absolute atomic E-state index is 11.6. The Morgan fingerprint density at radius 2 is 2.12 bits per heavy atom. The normalized spacial score (nSPS) is 10.2. The van der Waals surface area contributed by atoms with E-state index >= 15 is 0 Å². The second-order valence-corrected chi connectivity index (χ2v) is 3.81. The van der Waals surface area contributed by atoms with Gasteiger partial charge in [0, 0.05) is 12.6 Å². The van der Waals surface area contributed by atoms with Crippen molar-refractivity contribution in [3.05, 3.63) is 53.4 Å². The van der Waals surface area contributed by atoms with E-state index in [2.05, 4.69) is 10.5 Å². The summed E-state index contributed by atoms with van der Waals surface area (Å²) in [6.45, 7) is 2.35. The molecule has 4 nitrogen and oxygen atoms in total. The van der Waals surface area contributed by atoms with Crippen molar-refractivity contribution in [2.75, 3.05) is 6.54 Å². The number of rotatable bonds is 4. The first-order chi connectivity index (χ1) is 8.25. The Kier molecular flexibility index (Phi) is 3.55. The monoisotopic (exact) mass is 230 g/mol. The number of aromatic nitrogens is 1. The van der Waals surface area contributed by atoms with Crippen molar-refractivity contribution < 1.29 is 9.32 Å². The van der Waals surface area contributed by atoms with Gasteiger partial charge in [0.1, 0.15) is 5.76 Å². The van der Waals surface area contributed by atoms with Crippen molar-refractivity contribution in [2.45, 2.75) is 13.3 Å². The minimum Gasteiger partial charge on any atom is -0.361 e. The highest BCUT2D eigenvalue weighted by atomic mass is 16.5. The first-order valence-corrected chi connectivity index (χ1v) is 5.51. The van der Waals surface area contributed by atoms with Crippen LogP contribution < -0.4 is 5.32 Å². The van der Waals surface area contributed by atoms with Gasteiger partial charge in [0.05, 0.1) is 0 Å². The van der Waals surface area contributed by atoms with Crippen molar-refractivity contribution in [3.8, 4) is 0 Å². The first kappa shape index (κ1) is 11.4. The first-order valence-electron chi connectivity index (χ1n) is 5.51. The molecule has 0 aliphatic heterocycles. The third-order valence-corrected chi connectivity index (χ3v) is 2.40. The lowest BCUT2D eigenvalue weighted by Gasteiger charge is -2.02. The van der Waals surface area contributed by atoms with E-state index in [1.54, 1.807) is 13.0 Å². The number of amides is 1. The van der Waals surface area contributed by atoms with Crippen molar-refractivity contribution in [3.63, 3.8) is 0 Å². The highest BCUT2D eigenvalue weighted by Crippen LogP contribution is 2.02. The molecule has 1 aromatic carbocycles. The molecule has 0 bridgehead atoms. The van der Waals surface area contributed by atoms with Gasteiger partial charge in [-0.3, -0.25) is 4.79 Å². The molecular formula is C13H14N2O2. The average molecular weight is 230 g/mol. The summed E-state index contributed by atoms with van der Waals surface area (Å²) in [4.78, 5) is 11.6. The molecule has 4 heteroatoms. The van der Waals surface area contributed by atoms with Crippen LogP contribution in [-0.2, 0) is 6.42 Å². The fourth-order valence-corrected chi connectivity index (χ4v) is 1.53. The van der Waals surface area contributed by atoms with Gasteiger partial charge in [0.2, 0.25) is 0 Å². The molecule has 1 heterocycles. The Balaban J connectivity index is 1.81. The van der Waals surface area contributed by atoms with E-state index in [0.717, 1.165) is 6.42 Å². The maximum atomic E-state index is 11.6. The predicted octanol–water partition coefficient (Wildman–Crippen LogP) is 1.96. The van der Waals surface area contributed by atoms with Crippen LogP contribution in [0.4, 0.5) is 0 Å². The summed E-state index contributed by atoms with van der Waals surface area (Å²) in [6.07, 6.45) is 0.809. The van der Waals surface area contributed by atoms with Gasteiger partial charge in [-0.1, -0.05) is 35.5 Å². The van der Waals surface area contributed by atoms with E-state index in [1.807, 2.05) is 30.3 Å². The van der Waals surface area contributed by atoms with E-state index in [4.69, 9.17) is 4.52 Å². The lowest BCUT2D eigenvalue weighted by atomic mass is 10.1. The molecular weight excluding hydrogens is 216 g/mol. The Labute approximate surface area is 99.6 Å². The molecule has 88 valence electrons. The summed E-state index contributed by atoms with van der Waals surface area (Å²) < 4.78 is 4.84. The van der Waals surface area contributed by atoms with E-state index in [9.17, 15) is 4.79 Å². The van der Waals surface area contributed by atoms with E-state index in [1.165, 1.54) is 5.56 Å². The number of nitrogens with one attached hydrogen (secondary N) is 1. The smallest absolute Gasteiger partial charge is 0.273 e. The van der Waals surface area contributed by atoms with E-state index in [0.29, 0.717) is 18.0 Å². The zero-order chi connectivity index (χ0) is 12.1. The van der Waals surface area contributed by atoms with E-state index in [-0.39, 0.29) is 5.91 Å². The van der Waals surface area contributed by atoms with Crippen LogP contribution in [0.2, 0.25) is 0 Å². The number of nitrogens with zero attached hydrogens (tertiary/aromatic N) is 1. The number of carbonyl (C=O) groups excluding carboxylic acids is 1. The van der Waals surface area contributed by atoms with Crippen LogP contribution in [-0.4, -0.2) is 17.6 Å². The summed E-state index contributed by atoms with van der Waals surface area (Å²) in [7, 11) is 0. The lowest BCUT2D eigenvalue weighted by Crippen LogP contribution is -2.25. The van der Waals surface area contributed by atoms with Crippen LogP contribution in [0.25, 0.3) is 0 Å². The third-order valence-electron chi connectivity index (χ3n) is 2.40. The quantitative estimate of drug-likeness (QED) is 0.873. The van der Waals surface area contributed by atoms with E-state index < -0.39 is 0 Å². The molecule has 0 aliphatic rings. The number of carbonyl (C=O) groups is 1. The molecule has 2 aromatic rings. The summed E-state index contributed by atoms with van der Waals surface area (Å²) in [5.74, 6) is 0.441. The molecule has 0 atom stereocenters. The summed E-state index contributed by atoms with van der Waals surface area (Å²) in [6, 6.07) is 11.6. The Bertz CT molecular complexity index is 491. The second kappa shape index (κ2) is 5.30. The van der Waals surface area contributed by atoms with Crippen LogP contribution in [0, 0.1) is 6.92 Å². The second-order valence-electron chi connectivity index (χ2n) is 3.81. The molecule has 17 heavy (non-hydrogen) atoms. The molecule has 1 N–H and O–H groups in total. The Morgan fingerprint density at radius 1 is 1.35 bits per heavy atom. The van der Waals surface area contributed by atoms with Gasteiger partial charge in [0.25, 0.3) is 5.91 Å². The molecule has 0 saturated carbocycles. The highest BCUT2D eigenvalue weighted by molar-refractivity contribution is 5.92. The van der Waals surface area contributed by atoms with Gasteiger partial charge < -0.3 is 9.84 Å². The van der Waals surface area contributed by atoms with Gasteiger partial charge in [-0.05, 0) is 18.9 Å². The number of hydrogen-bond acceptors (Lipinski definition) is 3. The standard InChI is InChI=1S/C13H14N2O2/c1-10-9-12(15-17-10)13(16)14-8-7-11-5-3-2-4-6-11/h2-6,9H,7-8H2,1H3,(H,14,16). The van der Waals surface area contributed by atoms with Crippen molar-refractivity contribution in [1.82, 2.24) is 10.5 Å². The van der Waals surface area contributed by atoms with Gasteiger partial charge in [-0.15, -0.1) is 0 Å². The zero-order valence-electron chi connectivity index (χ0n) is 9.64. The van der Waals surface area contributed by atoms with Crippen LogP contribution in [0.5, 0.6) is 0 Å². The van der Waals surface area contributed by atoms with Crippen LogP contribution in [0.3, 0.4) is 0 Å². The van der Waals surface area contributed by atoms with Crippen LogP contribution in [0.15, 0.2) is 40.9 Å². The SMILES string of the molecule is Cc1cc(C(=O)NCCc2ccccc2)no1. The van der Waals surface area contributed by atoms with Gasteiger partial charge in [-0.25, -0.2) is 0 Å². The minimum absolute atomic E-state index is 0.196. The third kappa shape index (κ3) is 3.17. The Morgan fingerprint density at radius 3 is 2.76 bits per heavy atom. The highest BCUT2D eigenvalue weighted by Gasteiger charge is 2.09. The fourth-order valence-electron chi connectivity index (χ4n) is 1.53. The summed E-state index contributed by atoms with van der Waals surface area (Å²) in [5, 5.41) is 6.45. The van der Waals surface area contributed by atoms with Crippen LogP contribution in [0.1, 0.15) is 21.8 Å². The van der Waals surface area contributed by atoms with Gasteiger partial charge >= 0.3 is 0 Å². The topological polar surface area (TPSA) is 55.1 Å². The molecule has 1 aromatic heterocycles. The molecule has 1 amide bonds. The van der Waals surface area contributed by atoms with Crippen LogP contribution >= 0.6 is 0 Å². The Hall–Kier alpha value is -2.10. The molecule has 2 rings (SSSR count). The largest absolute Gasteiger partial charge is 0.361 e. The predicted molar refractivity (Wildman–Crippen MR) is 63.7 cm³/mol.